The Bertz CT molecular complexity index is 3340. The zero-order valence-electron chi connectivity index (χ0n) is 54.8. The van der Waals surface area contributed by atoms with Gasteiger partial charge >= 0.3 is 61.7 Å². The number of hydrogen-bond donors (Lipinski definition) is 13. The van der Waals surface area contributed by atoms with E-state index < -0.39 is 139 Å². The topological polar surface area (TPSA) is 480 Å². The van der Waals surface area contributed by atoms with Gasteiger partial charge in [0.1, 0.15) is 17.8 Å². The van der Waals surface area contributed by atoms with E-state index in [4.69, 9.17) is 4.74 Å². The van der Waals surface area contributed by atoms with Crippen LogP contribution in [0.25, 0.3) is 10.9 Å². The van der Waals surface area contributed by atoms with Crippen molar-refractivity contribution >= 4 is 118 Å². The van der Waals surface area contributed by atoms with Crippen LogP contribution in [0.15, 0.2) is 40.2 Å². The summed E-state index contributed by atoms with van der Waals surface area (Å²) in [6.45, 7) is 2.84. The first-order chi connectivity index (χ1) is 45.6. The van der Waals surface area contributed by atoms with E-state index in [1.165, 1.54) is 26.0 Å². The molecule has 3 atom stereocenters. The summed E-state index contributed by atoms with van der Waals surface area (Å²) in [7, 11) is -2.73. The molecule has 2 aromatic carbocycles. The van der Waals surface area contributed by atoms with Gasteiger partial charge in [0.15, 0.2) is 0 Å². The van der Waals surface area contributed by atoms with Crippen molar-refractivity contribution in [3.05, 3.63) is 52.7 Å². The third-order valence-electron chi connectivity index (χ3n) is 15.8. The number of aliphatic carboxylic acids is 6. The van der Waals surface area contributed by atoms with Crippen molar-refractivity contribution in [3.63, 3.8) is 0 Å². The second-order valence-electron chi connectivity index (χ2n) is 23.5. The minimum atomic E-state index is -4.49. The molecule has 530 valence electrons. The van der Waals surface area contributed by atoms with Crippen molar-refractivity contribution in [1.29, 1.82) is 0 Å². The van der Waals surface area contributed by atoms with Gasteiger partial charge in [0, 0.05) is 135 Å². The Hall–Kier alpha value is -8.03. The van der Waals surface area contributed by atoms with E-state index in [0.29, 0.717) is 11.9 Å². The summed E-state index contributed by atoms with van der Waals surface area (Å²) >= 11 is 0. The van der Waals surface area contributed by atoms with Crippen LogP contribution >= 0.6 is 0 Å². The van der Waals surface area contributed by atoms with Crippen molar-refractivity contribution < 1.29 is 96.5 Å². The molecular weight excluding hydrogens is 1390 g/mol. The zero-order valence-corrected chi connectivity index (χ0v) is 59.0. The minimum Gasteiger partial charge on any atom is -0.494 e. The molecule has 0 radical (unpaired) electrons. The maximum Gasteiger partial charge on any atom is 3.00 e. The fourth-order valence-corrected chi connectivity index (χ4v) is 12.5. The smallest absolute Gasteiger partial charge is 0.494 e. The molecule has 36 heteroatoms. The number of amidine groups is 1. The molecule has 97 heavy (non-hydrogen) atoms. The first-order valence-corrected chi connectivity index (χ1v) is 33.2. The number of carbonyl (C=O) groups is 11. The molecule has 34 nitrogen and oxygen atoms in total. The van der Waals surface area contributed by atoms with E-state index in [2.05, 4.69) is 46.7 Å². The first-order valence-electron chi connectivity index (χ1n) is 31.7. The molecule has 0 spiro atoms. The summed E-state index contributed by atoms with van der Waals surface area (Å²) in [5.41, 5.74) is 2.19. The average Bonchev–Trinajstić information content (AvgIpc) is 1.74. The van der Waals surface area contributed by atoms with Crippen LogP contribution in [0, 0.1) is 19.8 Å². The largest absolute Gasteiger partial charge is 3.00 e. The molecule has 0 bridgehead atoms. The molecule has 0 saturated carbocycles. The Labute approximate surface area is 579 Å². The van der Waals surface area contributed by atoms with Gasteiger partial charge in [0.2, 0.25) is 33.7 Å². The second kappa shape index (κ2) is 41.3. The molecule has 5 rings (SSSR count). The zero-order chi connectivity index (χ0) is 70.5. The van der Waals surface area contributed by atoms with Gasteiger partial charge in [0.25, 0.3) is 5.91 Å². The third kappa shape index (κ3) is 29.3. The van der Waals surface area contributed by atoms with Crippen molar-refractivity contribution in [2.75, 3.05) is 124 Å². The van der Waals surface area contributed by atoms with E-state index in [-0.39, 0.29) is 158 Å². The number of amides is 5. The molecule has 1 saturated heterocycles. The van der Waals surface area contributed by atoms with E-state index >= 15 is 0 Å². The molecule has 3 aromatic rings. The van der Waals surface area contributed by atoms with Crippen LogP contribution in [0.3, 0.4) is 0 Å². The number of hydrogen-bond acceptors (Lipinski definition) is 21. The van der Waals surface area contributed by atoms with Gasteiger partial charge in [-0.05, 0) is 94.2 Å². The van der Waals surface area contributed by atoms with Crippen LogP contribution in [0.1, 0.15) is 91.4 Å². The van der Waals surface area contributed by atoms with Crippen LogP contribution in [0.2, 0.25) is 0 Å². The molecule has 1 fully saturated rings. The van der Waals surface area contributed by atoms with Crippen LogP contribution in [0.5, 0.6) is 5.75 Å². The summed E-state index contributed by atoms with van der Waals surface area (Å²) in [6.07, 6.45) is 2.97. The Morgan fingerprint density at radius 2 is 1.18 bits per heavy atom. The molecule has 13 N–H and O–H groups in total. The monoisotopic (exact) mass is 1480 g/mol. The van der Waals surface area contributed by atoms with Crippen LogP contribution in [-0.2, 0) is 71.4 Å². The van der Waals surface area contributed by atoms with E-state index in [9.17, 15) is 91.8 Å². The summed E-state index contributed by atoms with van der Waals surface area (Å²) < 4.78 is 37.1. The molecular formula is C61H90InN14O20S+3. The van der Waals surface area contributed by atoms with Crippen molar-refractivity contribution in [1.82, 2.24) is 66.0 Å². The van der Waals surface area contributed by atoms with Crippen LogP contribution in [-0.4, -0.2) is 302 Å². The van der Waals surface area contributed by atoms with E-state index in [1.54, 1.807) is 49.5 Å². The average molecular weight is 1480 g/mol. The van der Waals surface area contributed by atoms with E-state index in [1.807, 2.05) is 0 Å². The fraction of sp³-hybridized carbons (Fsp3) is 0.590. The number of sulfonamides is 1. The van der Waals surface area contributed by atoms with Gasteiger partial charge in [-0.15, -0.1) is 0 Å². The second-order valence-corrected chi connectivity index (χ2v) is 25.2. The van der Waals surface area contributed by atoms with Gasteiger partial charge in [0.05, 0.1) is 60.6 Å². The molecule has 5 amide bonds. The van der Waals surface area contributed by atoms with Gasteiger partial charge in [-0.3, -0.25) is 82.0 Å². The number of aryl methyl sites for hydroxylation is 4. The van der Waals surface area contributed by atoms with Crippen molar-refractivity contribution in [2.24, 2.45) is 18.0 Å². The molecule has 0 aliphatic carbocycles. The third-order valence-corrected chi connectivity index (χ3v) is 17.6. The predicted molar refractivity (Wildman–Crippen MR) is 351 cm³/mol. The number of nitrogens with one attached hydrogen (secondary N) is 7. The molecule has 3 heterocycles. The Morgan fingerprint density at radius 3 is 1.72 bits per heavy atom. The Kier molecular flexibility index (Phi) is 34.6. The summed E-state index contributed by atoms with van der Waals surface area (Å²) in [6, 6.07) is 4.67. The number of carboxylic acids is 6. The number of nitrogens with zero attached hydrogens (tertiary/aromatic N) is 7. The van der Waals surface area contributed by atoms with Crippen molar-refractivity contribution in [3.8, 4) is 5.75 Å². The summed E-state index contributed by atoms with van der Waals surface area (Å²) in [5, 5.41) is 79.2. The number of benzene rings is 2. The number of carboxylic acid groups (broad SMARTS) is 6. The van der Waals surface area contributed by atoms with Gasteiger partial charge in [-0.25, -0.2) is 8.42 Å². The Balaban J connectivity index is 0.0000200. The normalized spacial score (nSPS) is 15.5. The summed E-state index contributed by atoms with van der Waals surface area (Å²) in [5.74, 6) is -10.9. The van der Waals surface area contributed by atoms with Gasteiger partial charge in [-0.1, -0.05) is 6.07 Å². The fourth-order valence-electron chi connectivity index (χ4n) is 10.9. The molecule has 2 aliphatic rings. The SMILES string of the molecule is Cc1cc(OCCCC(=O)NCCNC(=O)C(CCC(=O)O)NC(=O)C(CCC(=O)O)CNC(=O)CN2CCN(CC(=O)O)CCN(CC(=O)O)CCN(CC(=O)O)CC2)cc(C)c1S(=O)(=O)NC(CNC(=O)c1ccc2c(CCCNC3=NCCCC3)nn(C)c2c1)C(=O)O.[111In+3]. The number of carbonyl (C=O) groups excluding carboxylic acids is 5. The number of ether oxygens (including phenoxy) is 1. The predicted octanol–water partition coefficient (Wildman–Crippen LogP) is -2.11. The van der Waals surface area contributed by atoms with Gasteiger partial charge in [-0.2, -0.15) is 9.82 Å². The number of aromatic nitrogens is 2. The standard InChI is InChI=1S/C61H90N14O20S.In/c1-39-30-43(31-40(2)57(39)96(93,94)70-47(61(91)92)34-67-58(88)41-11-13-44-45(69-71(3)48(44)32-41)8-6-18-63-49-9-4-5-17-62-49)95-29-7-10-50(76)64-19-20-65-60(90)46(14-16-53(80)81)68-59(89)42(12-15-52(78)79)33-66-51(77)35-72-21-23-73(36-54(82)83)25-27-75(38-56(86)87)28-26-74(24-22-72)37-55(84)85;/h11,13,30-32,42,46-47,70H,4-10,12,14-29,33-38H2,1-3H3,(H,62,63)(H,64,76)(H,65,90)(H,66,77)(H,67,88)(H,68,89)(H,78,79)(H,80,81)(H,82,83)(H,84,85)(H,86,87)(H,91,92);/q;+3/i;1-4. The van der Waals surface area contributed by atoms with Crippen molar-refractivity contribution in [2.45, 2.75) is 101 Å². The Morgan fingerprint density at radius 1 is 0.608 bits per heavy atom. The number of rotatable bonds is 38. The quantitative estimate of drug-likeness (QED) is 0.0273. The molecule has 3 unspecified atom stereocenters. The van der Waals surface area contributed by atoms with Gasteiger partial charge < -0.3 is 67.3 Å². The van der Waals surface area contributed by atoms with Crippen LogP contribution in [0.4, 0.5) is 0 Å². The maximum atomic E-state index is 13.7. The number of aliphatic imine (C=N–C) groups is 1. The molecule has 1 aromatic heterocycles. The number of fused-ring (bicyclic) bond motifs is 1. The van der Waals surface area contributed by atoms with E-state index in [0.717, 1.165) is 55.7 Å². The summed E-state index contributed by atoms with van der Waals surface area (Å²) in [4.78, 5) is 148. The maximum absolute atomic E-state index is 13.7. The van der Waals surface area contributed by atoms with Crippen LogP contribution < -0.4 is 41.4 Å². The molecule has 2 aliphatic heterocycles. The minimum absolute atomic E-state index is 0. The first kappa shape index (κ1) is 81.4.